The van der Waals surface area contributed by atoms with Crippen molar-refractivity contribution >= 4 is 5.82 Å². The lowest BCUT2D eigenvalue weighted by molar-refractivity contribution is 0.639. The summed E-state index contributed by atoms with van der Waals surface area (Å²) >= 11 is 0. The second kappa shape index (κ2) is 4.49. The number of aryl methyl sites for hydroxylation is 1. The number of hydrogen-bond donors (Lipinski definition) is 1. The molecule has 0 unspecified atom stereocenters. The molecular formula is C12H12N4. The Morgan fingerprint density at radius 1 is 1.31 bits per heavy atom. The van der Waals surface area contributed by atoms with E-state index in [2.05, 4.69) is 11.2 Å². The van der Waals surface area contributed by atoms with Gasteiger partial charge in [-0.25, -0.2) is 4.68 Å². The standard InChI is InChI=1S/C12H12N4/c13-7-4-8-16-12(14)9-11(15-16)10-5-2-1-3-6-10/h1-3,5-6,9H,4,8,14H2. The molecular weight excluding hydrogens is 200 g/mol. The van der Waals surface area contributed by atoms with Crippen molar-refractivity contribution in [2.24, 2.45) is 0 Å². The van der Waals surface area contributed by atoms with Crippen LogP contribution in [0.4, 0.5) is 5.82 Å². The third kappa shape index (κ3) is 2.04. The Balaban J connectivity index is 2.28. The van der Waals surface area contributed by atoms with Crippen LogP contribution < -0.4 is 5.73 Å². The van der Waals surface area contributed by atoms with Crippen LogP contribution in [0, 0.1) is 11.3 Å². The van der Waals surface area contributed by atoms with Crippen LogP contribution in [0.3, 0.4) is 0 Å². The summed E-state index contributed by atoms with van der Waals surface area (Å²) < 4.78 is 1.66. The fraction of sp³-hybridized carbons (Fsp3) is 0.167. The average Bonchev–Trinajstić information content (AvgIpc) is 2.69. The minimum atomic E-state index is 0.417. The zero-order valence-electron chi connectivity index (χ0n) is 8.80. The molecule has 80 valence electrons. The Hall–Kier alpha value is -2.28. The van der Waals surface area contributed by atoms with Crippen molar-refractivity contribution in [2.75, 3.05) is 5.73 Å². The van der Waals surface area contributed by atoms with Crippen LogP contribution in [0.25, 0.3) is 11.3 Å². The van der Waals surface area contributed by atoms with Crippen LogP contribution in [0.15, 0.2) is 36.4 Å². The van der Waals surface area contributed by atoms with E-state index in [1.165, 1.54) is 0 Å². The van der Waals surface area contributed by atoms with Gasteiger partial charge >= 0.3 is 0 Å². The molecule has 0 fully saturated rings. The molecule has 0 aliphatic heterocycles. The molecule has 2 aromatic rings. The second-order valence-corrected chi connectivity index (χ2v) is 3.45. The van der Waals surface area contributed by atoms with E-state index >= 15 is 0 Å². The molecule has 0 aliphatic rings. The minimum Gasteiger partial charge on any atom is -0.384 e. The summed E-state index contributed by atoms with van der Waals surface area (Å²) in [6.07, 6.45) is 0.417. The van der Waals surface area contributed by atoms with Crippen molar-refractivity contribution in [3.63, 3.8) is 0 Å². The van der Waals surface area contributed by atoms with Crippen molar-refractivity contribution in [3.05, 3.63) is 36.4 Å². The van der Waals surface area contributed by atoms with E-state index in [1.54, 1.807) is 4.68 Å². The van der Waals surface area contributed by atoms with E-state index in [9.17, 15) is 0 Å². The van der Waals surface area contributed by atoms with Crippen LogP contribution in [0.5, 0.6) is 0 Å². The molecule has 4 heteroatoms. The molecule has 2 N–H and O–H groups in total. The lowest BCUT2D eigenvalue weighted by atomic mass is 10.2. The van der Waals surface area contributed by atoms with Crippen molar-refractivity contribution in [3.8, 4) is 17.3 Å². The summed E-state index contributed by atoms with van der Waals surface area (Å²) in [5.74, 6) is 0.592. The van der Waals surface area contributed by atoms with Gasteiger partial charge in [0.05, 0.1) is 24.7 Å². The molecule has 0 saturated carbocycles. The molecule has 0 amide bonds. The number of nitrogens with zero attached hydrogens (tertiary/aromatic N) is 3. The molecule has 1 aromatic heterocycles. The van der Waals surface area contributed by atoms with Crippen molar-refractivity contribution in [2.45, 2.75) is 13.0 Å². The number of anilines is 1. The number of aromatic nitrogens is 2. The summed E-state index contributed by atoms with van der Waals surface area (Å²) in [5, 5.41) is 12.9. The second-order valence-electron chi connectivity index (χ2n) is 3.45. The highest BCUT2D eigenvalue weighted by molar-refractivity contribution is 5.61. The lowest BCUT2D eigenvalue weighted by Gasteiger charge is -1.98. The number of benzene rings is 1. The highest BCUT2D eigenvalue weighted by atomic mass is 15.3. The van der Waals surface area contributed by atoms with Gasteiger partial charge in [0.15, 0.2) is 0 Å². The minimum absolute atomic E-state index is 0.417. The summed E-state index contributed by atoms with van der Waals surface area (Å²) in [7, 11) is 0. The van der Waals surface area contributed by atoms with E-state index in [1.807, 2.05) is 36.4 Å². The molecule has 0 saturated heterocycles. The molecule has 0 spiro atoms. The smallest absolute Gasteiger partial charge is 0.122 e. The summed E-state index contributed by atoms with van der Waals surface area (Å²) in [4.78, 5) is 0. The van der Waals surface area contributed by atoms with Crippen LogP contribution in [-0.4, -0.2) is 9.78 Å². The first-order chi connectivity index (χ1) is 7.81. The van der Waals surface area contributed by atoms with Gasteiger partial charge < -0.3 is 5.73 Å². The van der Waals surface area contributed by atoms with Gasteiger partial charge in [-0.1, -0.05) is 30.3 Å². The summed E-state index contributed by atoms with van der Waals surface area (Å²) in [6, 6.07) is 13.7. The first-order valence-corrected chi connectivity index (χ1v) is 5.07. The van der Waals surface area contributed by atoms with Gasteiger partial charge in [-0.3, -0.25) is 0 Å². The number of hydrogen-bond acceptors (Lipinski definition) is 3. The first-order valence-electron chi connectivity index (χ1n) is 5.07. The quantitative estimate of drug-likeness (QED) is 0.846. The van der Waals surface area contributed by atoms with Gasteiger partial charge in [-0.15, -0.1) is 0 Å². The highest BCUT2D eigenvalue weighted by Crippen LogP contribution is 2.19. The average molecular weight is 212 g/mol. The first kappa shape index (κ1) is 10.2. The lowest BCUT2D eigenvalue weighted by Crippen LogP contribution is -2.03. The van der Waals surface area contributed by atoms with Gasteiger partial charge in [-0.2, -0.15) is 10.4 Å². The number of nitrogen functional groups attached to an aromatic ring is 1. The Morgan fingerprint density at radius 3 is 2.75 bits per heavy atom. The normalized spacial score (nSPS) is 9.94. The molecule has 16 heavy (non-hydrogen) atoms. The molecule has 1 aromatic carbocycles. The van der Waals surface area contributed by atoms with Gasteiger partial charge in [0.1, 0.15) is 5.82 Å². The zero-order valence-corrected chi connectivity index (χ0v) is 8.80. The van der Waals surface area contributed by atoms with Gasteiger partial charge in [0, 0.05) is 11.6 Å². The van der Waals surface area contributed by atoms with Crippen LogP contribution in [0.1, 0.15) is 6.42 Å². The van der Waals surface area contributed by atoms with Crippen molar-refractivity contribution < 1.29 is 0 Å². The van der Waals surface area contributed by atoms with E-state index < -0.39 is 0 Å². The van der Waals surface area contributed by atoms with E-state index in [-0.39, 0.29) is 0 Å². The molecule has 0 aliphatic carbocycles. The van der Waals surface area contributed by atoms with Crippen molar-refractivity contribution in [1.82, 2.24) is 9.78 Å². The molecule has 0 atom stereocenters. The Bertz CT molecular complexity index is 508. The van der Waals surface area contributed by atoms with E-state index in [0.717, 1.165) is 11.3 Å². The molecule has 4 nitrogen and oxygen atoms in total. The third-order valence-electron chi connectivity index (χ3n) is 2.32. The SMILES string of the molecule is N#CCCn1nc(-c2ccccc2)cc1N. The van der Waals surface area contributed by atoms with E-state index in [0.29, 0.717) is 18.8 Å². The maximum absolute atomic E-state index is 8.51. The number of nitriles is 1. The maximum Gasteiger partial charge on any atom is 0.122 e. The molecule has 0 bridgehead atoms. The van der Waals surface area contributed by atoms with Gasteiger partial charge in [-0.05, 0) is 0 Å². The van der Waals surface area contributed by atoms with Gasteiger partial charge in [0.25, 0.3) is 0 Å². The van der Waals surface area contributed by atoms with Crippen LogP contribution in [-0.2, 0) is 6.54 Å². The fourth-order valence-electron chi connectivity index (χ4n) is 1.52. The highest BCUT2D eigenvalue weighted by Gasteiger charge is 2.05. The molecule has 2 rings (SSSR count). The largest absolute Gasteiger partial charge is 0.384 e. The van der Waals surface area contributed by atoms with Crippen LogP contribution >= 0.6 is 0 Å². The Morgan fingerprint density at radius 2 is 2.06 bits per heavy atom. The predicted molar refractivity (Wildman–Crippen MR) is 62.3 cm³/mol. The number of rotatable bonds is 3. The topological polar surface area (TPSA) is 67.6 Å². The molecule has 1 heterocycles. The summed E-state index contributed by atoms with van der Waals surface area (Å²) in [6.45, 7) is 0.537. The van der Waals surface area contributed by atoms with Crippen molar-refractivity contribution in [1.29, 1.82) is 5.26 Å². The van der Waals surface area contributed by atoms with Crippen LogP contribution in [0.2, 0.25) is 0 Å². The predicted octanol–water partition coefficient (Wildman–Crippen LogP) is 2.05. The van der Waals surface area contributed by atoms with Gasteiger partial charge in [0.2, 0.25) is 0 Å². The Kier molecular flexibility index (Phi) is 2.88. The zero-order chi connectivity index (χ0) is 11.4. The fourth-order valence-corrected chi connectivity index (χ4v) is 1.52. The maximum atomic E-state index is 8.51. The van der Waals surface area contributed by atoms with E-state index in [4.69, 9.17) is 11.0 Å². The third-order valence-corrected chi connectivity index (χ3v) is 2.32. The molecule has 0 radical (unpaired) electrons. The monoisotopic (exact) mass is 212 g/mol. The Labute approximate surface area is 93.9 Å². The number of nitrogens with two attached hydrogens (primary N) is 1. The summed E-state index contributed by atoms with van der Waals surface area (Å²) in [5.41, 5.74) is 7.69.